The molecule has 0 unspecified atom stereocenters. The van der Waals surface area contributed by atoms with Crippen LogP contribution in [0.1, 0.15) is 30.9 Å². The highest BCUT2D eigenvalue weighted by atomic mass is 35.5. The monoisotopic (exact) mass is 227 g/mol. The number of hydrogen-bond acceptors (Lipinski definition) is 2. The minimum absolute atomic E-state index is 0.117. The lowest BCUT2D eigenvalue weighted by molar-refractivity contribution is -0.384. The maximum absolute atomic E-state index is 10.6. The van der Waals surface area contributed by atoms with Crippen LogP contribution in [0.3, 0.4) is 0 Å². The zero-order valence-electron chi connectivity index (χ0n) is 8.70. The van der Waals surface area contributed by atoms with Gasteiger partial charge in [-0.3, -0.25) is 10.1 Å². The Morgan fingerprint density at radius 2 is 2.13 bits per heavy atom. The van der Waals surface area contributed by atoms with Crippen LogP contribution >= 0.6 is 11.6 Å². The zero-order valence-corrected chi connectivity index (χ0v) is 9.46. The lowest BCUT2D eigenvalue weighted by Crippen LogP contribution is -1.95. The van der Waals surface area contributed by atoms with Gasteiger partial charge in [0.25, 0.3) is 5.69 Å². The lowest BCUT2D eigenvalue weighted by atomic mass is 10.0. The highest BCUT2D eigenvalue weighted by Gasteiger charge is 2.09. The van der Waals surface area contributed by atoms with Gasteiger partial charge < -0.3 is 0 Å². The molecule has 0 N–H and O–H groups in total. The van der Waals surface area contributed by atoms with Crippen LogP contribution < -0.4 is 0 Å². The van der Waals surface area contributed by atoms with Gasteiger partial charge in [0.15, 0.2) is 0 Å². The predicted octanol–water partition coefficient (Wildman–Crippen LogP) is 3.68. The molecule has 1 aromatic carbocycles. The molecule has 3 nitrogen and oxygen atoms in total. The fourth-order valence-electron chi connectivity index (χ4n) is 1.46. The van der Waals surface area contributed by atoms with E-state index in [1.165, 1.54) is 0 Å². The van der Waals surface area contributed by atoms with Gasteiger partial charge >= 0.3 is 0 Å². The number of alkyl halides is 1. The average molecular weight is 228 g/mol. The summed E-state index contributed by atoms with van der Waals surface area (Å²) in [6, 6.07) is 4.92. The fourth-order valence-corrected chi connectivity index (χ4v) is 1.71. The molecule has 0 heterocycles. The molecular weight excluding hydrogens is 214 g/mol. The fraction of sp³-hybridized carbons (Fsp3) is 0.455. The van der Waals surface area contributed by atoms with E-state index in [0.717, 1.165) is 30.4 Å². The third kappa shape index (κ3) is 3.20. The van der Waals surface area contributed by atoms with Gasteiger partial charge in [0.05, 0.1) is 4.92 Å². The minimum Gasteiger partial charge on any atom is -0.258 e. The van der Waals surface area contributed by atoms with Gasteiger partial charge in [-0.05, 0) is 24.0 Å². The maximum Gasteiger partial charge on any atom is 0.269 e. The van der Waals surface area contributed by atoms with E-state index in [4.69, 9.17) is 11.6 Å². The van der Waals surface area contributed by atoms with Crippen molar-refractivity contribution in [1.82, 2.24) is 0 Å². The first-order valence-corrected chi connectivity index (χ1v) is 5.54. The van der Waals surface area contributed by atoms with Crippen LogP contribution in [0.15, 0.2) is 18.2 Å². The van der Waals surface area contributed by atoms with E-state index in [9.17, 15) is 10.1 Å². The molecule has 0 aromatic heterocycles. The number of non-ortho nitro benzene ring substituents is 1. The number of halogens is 1. The second-order valence-electron chi connectivity index (χ2n) is 3.45. The number of nitrogens with zero attached hydrogens (tertiary/aromatic N) is 1. The topological polar surface area (TPSA) is 43.1 Å². The molecule has 0 fully saturated rings. The molecule has 0 amide bonds. The van der Waals surface area contributed by atoms with Gasteiger partial charge in [-0.15, -0.1) is 11.6 Å². The van der Waals surface area contributed by atoms with Crippen LogP contribution in [0.5, 0.6) is 0 Å². The normalized spacial score (nSPS) is 10.3. The molecule has 0 radical (unpaired) electrons. The molecule has 15 heavy (non-hydrogen) atoms. The molecule has 0 aliphatic rings. The average Bonchev–Trinajstić information content (AvgIpc) is 2.25. The third-order valence-corrected chi connectivity index (χ3v) is 2.63. The summed E-state index contributed by atoms with van der Waals surface area (Å²) in [4.78, 5) is 10.2. The Morgan fingerprint density at radius 1 is 1.40 bits per heavy atom. The van der Waals surface area contributed by atoms with E-state index in [-0.39, 0.29) is 10.6 Å². The van der Waals surface area contributed by atoms with Crippen molar-refractivity contribution >= 4 is 17.3 Å². The van der Waals surface area contributed by atoms with Crippen LogP contribution in [0.25, 0.3) is 0 Å². The van der Waals surface area contributed by atoms with Gasteiger partial charge in [-0.2, -0.15) is 0 Å². The van der Waals surface area contributed by atoms with Crippen LogP contribution in [0, 0.1) is 10.1 Å². The second-order valence-corrected chi connectivity index (χ2v) is 3.71. The Kier molecular flexibility index (Phi) is 4.56. The maximum atomic E-state index is 10.6. The summed E-state index contributed by atoms with van der Waals surface area (Å²) in [6.45, 7) is 2.12. The Labute approximate surface area is 94.2 Å². The van der Waals surface area contributed by atoms with Crippen molar-refractivity contribution in [3.63, 3.8) is 0 Å². The number of unbranched alkanes of at least 4 members (excludes halogenated alkanes) is 1. The van der Waals surface area contributed by atoms with Crippen LogP contribution in [0.4, 0.5) is 5.69 Å². The standard InChI is InChI=1S/C11H14ClNO2/c1-2-3-4-9-5-6-11(13(14)15)7-10(9)8-12/h5-7H,2-4,8H2,1H3. The lowest BCUT2D eigenvalue weighted by Gasteiger charge is -2.05. The van der Waals surface area contributed by atoms with Crippen molar-refractivity contribution < 1.29 is 4.92 Å². The van der Waals surface area contributed by atoms with E-state index in [0.29, 0.717) is 5.88 Å². The molecule has 0 atom stereocenters. The molecule has 0 spiro atoms. The van der Waals surface area contributed by atoms with Gasteiger partial charge in [0.1, 0.15) is 0 Å². The SMILES string of the molecule is CCCCc1ccc([N+](=O)[O-])cc1CCl. The first-order chi connectivity index (χ1) is 7.19. The van der Waals surface area contributed by atoms with E-state index < -0.39 is 0 Å². The van der Waals surface area contributed by atoms with E-state index >= 15 is 0 Å². The highest BCUT2D eigenvalue weighted by Crippen LogP contribution is 2.21. The van der Waals surface area contributed by atoms with Crippen molar-refractivity contribution in [1.29, 1.82) is 0 Å². The number of rotatable bonds is 5. The molecule has 0 saturated heterocycles. The Bertz CT molecular complexity index is 352. The van der Waals surface area contributed by atoms with Crippen LogP contribution in [-0.2, 0) is 12.3 Å². The predicted molar refractivity (Wildman–Crippen MR) is 61.3 cm³/mol. The van der Waals surface area contributed by atoms with Crippen molar-refractivity contribution in [2.45, 2.75) is 32.1 Å². The number of nitro benzene ring substituents is 1. The molecule has 0 saturated carbocycles. The van der Waals surface area contributed by atoms with Crippen molar-refractivity contribution in [3.8, 4) is 0 Å². The summed E-state index contributed by atoms with van der Waals surface area (Å²) < 4.78 is 0. The van der Waals surface area contributed by atoms with Crippen LogP contribution in [-0.4, -0.2) is 4.92 Å². The molecule has 1 rings (SSSR count). The summed E-state index contributed by atoms with van der Waals surface area (Å²) in [6.07, 6.45) is 3.14. The summed E-state index contributed by atoms with van der Waals surface area (Å²) in [5, 5.41) is 10.6. The smallest absolute Gasteiger partial charge is 0.258 e. The first-order valence-electron chi connectivity index (χ1n) is 5.01. The van der Waals surface area contributed by atoms with Gasteiger partial charge in [-0.25, -0.2) is 0 Å². The Balaban J connectivity index is 2.93. The molecule has 0 aliphatic heterocycles. The molecule has 0 bridgehead atoms. The van der Waals surface area contributed by atoms with E-state index in [1.807, 2.05) is 6.07 Å². The zero-order chi connectivity index (χ0) is 11.3. The summed E-state index contributed by atoms with van der Waals surface area (Å²) in [7, 11) is 0. The Hall–Kier alpha value is -1.09. The highest BCUT2D eigenvalue weighted by molar-refractivity contribution is 6.17. The van der Waals surface area contributed by atoms with Crippen molar-refractivity contribution in [2.75, 3.05) is 0 Å². The molecule has 1 aromatic rings. The van der Waals surface area contributed by atoms with E-state index in [2.05, 4.69) is 6.92 Å². The summed E-state index contributed by atoms with van der Waals surface area (Å²) >= 11 is 5.77. The number of aryl methyl sites for hydroxylation is 1. The second kappa shape index (κ2) is 5.71. The first kappa shape index (κ1) is 12.0. The summed E-state index contributed by atoms with van der Waals surface area (Å²) in [5.41, 5.74) is 2.11. The number of hydrogen-bond donors (Lipinski definition) is 0. The summed E-state index contributed by atoms with van der Waals surface area (Å²) in [5.74, 6) is 0.334. The van der Waals surface area contributed by atoms with Crippen molar-refractivity contribution in [3.05, 3.63) is 39.4 Å². The minimum atomic E-state index is -0.389. The molecule has 4 heteroatoms. The van der Waals surface area contributed by atoms with Gasteiger partial charge in [-0.1, -0.05) is 19.4 Å². The van der Waals surface area contributed by atoms with E-state index in [1.54, 1.807) is 12.1 Å². The molecule has 82 valence electrons. The molecule has 0 aliphatic carbocycles. The quantitative estimate of drug-likeness (QED) is 0.438. The largest absolute Gasteiger partial charge is 0.269 e. The Morgan fingerprint density at radius 3 is 2.67 bits per heavy atom. The number of benzene rings is 1. The van der Waals surface area contributed by atoms with Gasteiger partial charge in [0.2, 0.25) is 0 Å². The third-order valence-electron chi connectivity index (χ3n) is 2.34. The van der Waals surface area contributed by atoms with Crippen molar-refractivity contribution in [2.24, 2.45) is 0 Å². The molecular formula is C11H14ClNO2. The van der Waals surface area contributed by atoms with Gasteiger partial charge in [0, 0.05) is 18.0 Å². The number of nitro groups is 1. The van der Waals surface area contributed by atoms with Crippen LogP contribution in [0.2, 0.25) is 0 Å².